The largest absolute Gasteiger partial charge is 0.392 e. The SMILES string of the molecule is CC(C(=O)NC1CCCC1)C1CCC2(C)CCC(NC(=O)C3CCCCC3)C(C)C2C1O. The average molecular weight is 447 g/mol. The third-order valence-corrected chi connectivity index (χ3v) is 9.95. The number of carbonyl (C=O) groups is 2. The summed E-state index contributed by atoms with van der Waals surface area (Å²) in [4.78, 5) is 25.9. The van der Waals surface area contributed by atoms with Crippen LogP contribution in [0, 0.1) is 35.0 Å². The van der Waals surface area contributed by atoms with Crippen LogP contribution in [-0.4, -0.2) is 35.1 Å². The molecule has 0 aromatic carbocycles. The number of aliphatic hydroxyl groups is 1. The Morgan fingerprint density at radius 2 is 1.53 bits per heavy atom. The summed E-state index contributed by atoms with van der Waals surface area (Å²) in [7, 11) is 0. The van der Waals surface area contributed by atoms with E-state index in [0.717, 1.165) is 51.4 Å². The molecule has 5 nitrogen and oxygen atoms in total. The monoisotopic (exact) mass is 446 g/mol. The van der Waals surface area contributed by atoms with Gasteiger partial charge < -0.3 is 15.7 Å². The van der Waals surface area contributed by atoms with Gasteiger partial charge in [-0.2, -0.15) is 0 Å². The van der Waals surface area contributed by atoms with Gasteiger partial charge in [-0.15, -0.1) is 0 Å². The molecule has 4 aliphatic carbocycles. The number of rotatable bonds is 5. The normalized spacial score (nSPS) is 39.8. The lowest BCUT2D eigenvalue weighted by molar-refractivity contribution is -0.145. The summed E-state index contributed by atoms with van der Waals surface area (Å²) in [6, 6.07) is 0.461. The van der Waals surface area contributed by atoms with E-state index in [1.54, 1.807) is 0 Å². The zero-order valence-electron chi connectivity index (χ0n) is 20.6. The second-order valence-corrected chi connectivity index (χ2v) is 12.0. The molecule has 182 valence electrons. The van der Waals surface area contributed by atoms with Crippen molar-refractivity contribution in [3.63, 3.8) is 0 Å². The molecule has 0 aliphatic heterocycles. The third kappa shape index (κ3) is 4.88. The zero-order chi connectivity index (χ0) is 22.9. The Kier molecular flexibility index (Phi) is 7.53. The van der Waals surface area contributed by atoms with E-state index in [1.807, 2.05) is 6.92 Å². The van der Waals surface area contributed by atoms with Crippen molar-refractivity contribution in [3.05, 3.63) is 0 Å². The molecule has 7 unspecified atom stereocenters. The van der Waals surface area contributed by atoms with Crippen molar-refractivity contribution in [2.24, 2.45) is 35.0 Å². The molecule has 4 rings (SSSR count). The summed E-state index contributed by atoms with van der Waals surface area (Å²) < 4.78 is 0. The quantitative estimate of drug-likeness (QED) is 0.579. The molecule has 5 heteroatoms. The molecule has 2 amide bonds. The number of carbonyl (C=O) groups excluding carboxylic acids is 2. The minimum Gasteiger partial charge on any atom is -0.392 e. The van der Waals surface area contributed by atoms with E-state index in [0.29, 0.717) is 6.04 Å². The van der Waals surface area contributed by atoms with Gasteiger partial charge in [-0.3, -0.25) is 9.59 Å². The van der Waals surface area contributed by atoms with Crippen molar-refractivity contribution in [1.82, 2.24) is 10.6 Å². The minimum atomic E-state index is -0.484. The number of fused-ring (bicyclic) bond motifs is 1. The van der Waals surface area contributed by atoms with Crippen LogP contribution in [0.25, 0.3) is 0 Å². The number of amides is 2. The van der Waals surface area contributed by atoms with Gasteiger partial charge in [0, 0.05) is 23.9 Å². The van der Waals surface area contributed by atoms with E-state index in [9.17, 15) is 14.7 Å². The molecular formula is C27H46N2O3. The molecule has 4 saturated carbocycles. The van der Waals surface area contributed by atoms with E-state index < -0.39 is 6.10 Å². The maximum absolute atomic E-state index is 13.0. The predicted molar refractivity (Wildman–Crippen MR) is 127 cm³/mol. The highest BCUT2D eigenvalue weighted by molar-refractivity contribution is 5.79. The molecular weight excluding hydrogens is 400 g/mol. The highest BCUT2D eigenvalue weighted by Gasteiger charge is 2.54. The van der Waals surface area contributed by atoms with Gasteiger partial charge in [0.25, 0.3) is 0 Å². The van der Waals surface area contributed by atoms with Crippen molar-refractivity contribution in [3.8, 4) is 0 Å². The van der Waals surface area contributed by atoms with Gasteiger partial charge >= 0.3 is 0 Å². The molecule has 0 bridgehead atoms. The van der Waals surface area contributed by atoms with Crippen LogP contribution in [0.4, 0.5) is 0 Å². The molecule has 32 heavy (non-hydrogen) atoms. The van der Waals surface area contributed by atoms with Gasteiger partial charge in [-0.25, -0.2) is 0 Å². The fraction of sp³-hybridized carbons (Fsp3) is 0.926. The van der Waals surface area contributed by atoms with Crippen molar-refractivity contribution in [1.29, 1.82) is 0 Å². The maximum atomic E-state index is 13.0. The number of hydrogen-bond donors (Lipinski definition) is 3. The van der Waals surface area contributed by atoms with Crippen LogP contribution in [0.1, 0.15) is 104 Å². The summed E-state index contributed by atoms with van der Waals surface area (Å²) >= 11 is 0. The van der Waals surface area contributed by atoms with E-state index >= 15 is 0 Å². The number of nitrogens with one attached hydrogen (secondary N) is 2. The van der Waals surface area contributed by atoms with Gasteiger partial charge in [0.1, 0.15) is 0 Å². The molecule has 0 aromatic heterocycles. The Bertz CT molecular complexity index is 670. The molecule has 4 aliphatic rings. The first-order valence-electron chi connectivity index (χ1n) is 13.6. The molecule has 3 N–H and O–H groups in total. The van der Waals surface area contributed by atoms with E-state index in [-0.39, 0.29) is 52.9 Å². The first kappa shape index (κ1) is 24.0. The third-order valence-electron chi connectivity index (χ3n) is 9.95. The standard InChI is InChI=1S/C27H46N2O3/c1-17(25(31)28-20-11-7-8-12-20)21-13-15-27(3)16-14-22(18(2)23(27)24(21)30)29-26(32)19-9-5-4-6-10-19/h17-24,30H,4-16H2,1-3H3,(H,28,31)(H,29,32). The van der Waals surface area contributed by atoms with E-state index in [2.05, 4.69) is 24.5 Å². The second kappa shape index (κ2) is 10.0. The summed E-state index contributed by atoms with van der Waals surface area (Å²) in [5, 5.41) is 18.2. The summed E-state index contributed by atoms with van der Waals surface area (Å²) in [5.41, 5.74) is 0.100. The van der Waals surface area contributed by atoms with Crippen LogP contribution in [0.2, 0.25) is 0 Å². The minimum absolute atomic E-state index is 0.00437. The molecule has 0 radical (unpaired) electrons. The van der Waals surface area contributed by atoms with Gasteiger partial charge in [-0.1, -0.05) is 52.9 Å². The lowest BCUT2D eigenvalue weighted by Crippen LogP contribution is -2.59. The molecule has 0 heterocycles. The maximum Gasteiger partial charge on any atom is 0.223 e. The fourth-order valence-corrected chi connectivity index (χ4v) is 7.76. The van der Waals surface area contributed by atoms with Crippen LogP contribution in [-0.2, 0) is 9.59 Å². The Hall–Kier alpha value is -1.10. The summed E-state index contributed by atoms with van der Waals surface area (Å²) in [6.07, 6.45) is 13.8. The van der Waals surface area contributed by atoms with Gasteiger partial charge in [0.15, 0.2) is 0 Å². The van der Waals surface area contributed by atoms with Crippen LogP contribution in [0.15, 0.2) is 0 Å². The zero-order valence-corrected chi connectivity index (χ0v) is 20.6. The Labute approximate surface area is 194 Å². The van der Waals surface area contributed by atoms with Crippen molar-refractivity contribution < 1.29 is 14.7 Å². The van der Waals surface area contributed by atoms with Crippen LogP contribution in [0.5, 0.6) is 0 Å². The summed E-state index contributed by atoms with van der Waals surface area (Å²) in [5.74, 6) is 0.723. The van der Waals surface area contributed by atoms with Crippen LogP contribution >= 0.6 is 0 Å². The molecule has 7 atom stereocenters. The average Bonchev–Trinajstić information content (AvgIpc) is 3.29. The van der Waals surface area contributed by atoms with Crippen molar-refractivity contribution in [2.45, 2.75) is 122 Å². The van der Waals surface area contributed by atoms with Gasteiger partial charge in [-0.05, 0) is 74.5 Å². The van der Waals surface area contributed by atoms with Gasteiger partial charge in [0.05, 0.1) is 6.10 Å². The Morgan fingerprint density at radius 3 is 2.22 bits per heavy atom. The highest BCUT2D eigenvalue weighted by Crippen LogP contribution is 2.55. The molecule has 0 spiro atoms. The fourth-order valence-electron chi connectivity index (χ4n) is 7.76. The number of hydrogen-bond acceptors (Lipinski definition) is 3. The number of aliphatic hydroxyl groups excluding tert-OH is 1. The highest BCUT2D eigenvalue weighted by atomic mass is 16.3. The summed E-state index contributed by atoms with van der Waals surface area (Å²) in [6.45, 7) is 6.56. The second-order valence-electron chi connectivity index (χ2n) is 12.0. The molecule has 4 fully saturated rings. The van der Waals surface area contributed by atoms with Crippen LogP contribution in [0.3, 0.4) is 0 Å². The Balaban J connectivity index is 1.41. The smallest absolute Gasteiger partial charge is 0.223 e. The van der Waals surface area contributed by atoms with E-state index in [1.165, 1.54) is 32.1 Å². The molecule has 0 saturated heterocycles. The lowest BCUT2D eigenvalue weighted by atomic mass is 9.51. The van der Waals surface area contributed by atoms with Crippen molar-refractivity contribution >= 4 is 11.8 Å². The van der Waals surface area contributed by atoms with Gasteiger partial charge in [0.2, 0.25) is 11.8 Å². The predicted octanol–water partition coefficient (Wildman–Crippen LogP) is 4.57. The van der Waals surface area contributed by atoms with E-state index in [4.69, 9.17) is 0 Å². The topological polar surface area (TPSA) is 78.4 Å². The van der Waals surface area contributed by atoms with Crippen molar-refractivity contribution in [2.75, 3.05) is 0 Å². The first-order chi connectivity index (χ1) is 15.3. The van der Waals surface area contributed by atoms with Crippen LogP contribution < -0.4 is 10.6 Å². The first-order valence-corrected chi connectivity index (χ1v) is 13.6. The Morgan fingerprint density at radius 1 is 0.906 bits per heavy atom. The lowest BCUT2D eigenvalue weighted by Gasteiger charge is -2.56. The molecule has 0 aromatic rings.